The number of nitrogens with zero attached hydrogens (tertiary/aromatic N) is 2. The van der Waals surface area contributed by atoms with Crippen LogP contribution in [0.15, 0.2) is 12.1 Å². The molecule has 3 N–H and O–H groups in total. The highest BCUT2D eigenvalue weighted by molar-refractivity contribution is 5.72. The van der Waals surface area contributed by atoms with Crippen LogP contribution in [0.4, 0.5) is 20.3 Å². The molecule has 0 fully saturated rings. The highest BCUT2D eigenvalue weighted by atomic mass is 19.1. The number of aromatic amines is 1. The first-order valence-corrected chi connectivity index (χ1v) is 5.81. The fourth-order valence-electron chi connectivity index (χ4n) is 2.05. The summed E-state index contributed by atoms with van der Waals surface area (Å²) in [4.78, 5) is 9.82. The van der Waals surface area contributed by atoms with E-state index in [2.05, 4.69) is 10.2 Å². The quantitative estimate of drug-likeness (QED) is 0.667. The summed E-state index contributed by atoms with van der Waals surface area (Å²) in [6.45, 7) is 3.55. The summed E-state index contributed by atoms with van der Waals surface area (Å²) in [7, 11) is 0. The van der Waals surface area contributed by atoms with E-state index in [4.69, 9.17) is 5.73 Å². The van der Waals surface area contributed by atoms with Crippen molar-refractivity contribution >= 4 is 11.5 Å². The second-order valence-electron chi connectivity index (χ2n) is 4.56. The van der Waals surface area contributed by atoms with Crippen LogP contribution in [0.2, 0.25) is 0 Å². The second kappa shape index (κ2) is 4.87. The fourth-order valence-corrected chi connectivity index (χ4v) is 2.05. The topological polar surface area (TPSA) is 97.8 Å². The highest BCUT2D eigenvalue weighted by Crippen LogP contribution is 2.36. The lowest BCUT2D eigenvalue weighted by Crippen LogP contribution is -2.01. The van der Waals surface area contributed by atoms with E-state index in [-0.39, 0.29) is 17.4 Å². The summed E-state index contributed by atoms with van der Waals surface area (Å²) < 4.78 is 28.0. The first kappa shape index (κ1) is 13.9. The maximum atomic E-state index is 14.2. The van der Waals surface area contributed by atoms with Gasteiger partial charge in [0.05, 0.1) is 16.2 Å². The second-order valence-corrected chi connectivity index (χ2v) is 4.56. The van der Waals surface area contributed by atoms with Gasteiger partial charge >= 0.3 is 5.69 Å². The Morgan fingerprint density at radius 2 is 2.05 bits per heavy atom. The van der Waals surface area contributed by atoms with Crippen LogP contribution < -0.4 is 5.73 Å². The van der Waals surface area contributed by atoms with Gasteiger partial charge in [-0.25, -0.2) is 4.39 Å². The van der Waals surface area contributed by atoms with E-state index in [1.807, 2.05) is 0 Å². The molecule has 0 atom stereocenters. The van der Waals surface area contributed by atoms with Gasteiger partial charge in [-0.3, -0.25) is 15.2 Å². The van der Waals surface area contributed by atoms with Crippen molar-refractivity contribution in [1.82, 2.24) is 10.2 Å². The standard InChI is InChI=1S/C12H12F2N4O2/c1-5(2)8-11(16-17-12(8)15)9-6(13)3-4-7(10(9)14)18(19)20/h3-5H,1-2H3,(H3,15,16,17). The van der Waals surface area contributed by atoms with Crippen LogP contribution in [0.25, 0.3) is 11.3 Å². The molecule has 2 aromatic rings. The molecular formula is C12H12F2N4O2. The molecule has 1 heterocycles. The normalized spacial score (nSPS) is 11.1. The summed E-state index contributed by atoms with van der Waals surface area (Å²) in [6.07, 6.45) is 0. The van der Waals surface area contributed by atoms with Crippen molar-refractivity contribution in [2.24, 2.45) is 0 Å². The Kier molecular flexibility index (Phi) is 3.39. The van der Waals surface area contributed by atoms with Crippen molar-refractivity contribution in [3.8, 4) is 11.3 Å². The Hall–Kier alpha value is -2.51. The molecule has 106 valence electrons. The molecule has 8 heteroatoms. The fraction of sp³-hybridized carbons (Fsp3) is 0.250. The van der Waals surface area contributed by atoms with Gasteiger partial charge in [0.15, 0.2) is 0 Å². The predicted octanol–water partition coefficient (Wildman–Crippen LogP) is 2.97. The number of hydrogen-bond acceptors (Lipinski definition) is 4. The van der Waals surface area contributed by atoms with Gasteiger partial charge in [0.1, 0.15) is 11.6 Å². The SMILES string of the molecule is CC(C)c1c(N)n[nH]c1-c1c(F)ccc([N+](=O)[O-])c1F. The van der Waals surface area contributed by atoms with Crippen molar-refractivity contribution in [2.75, 3.05) is 5.73 Å². The Morgan fingerprint density at radius 3 is 2.60 bits per heavy atom. The Labute approximate surface area is 112 Å². The zero-order chi connectivity index (χ0) is 15.0. The molecule has 0 spiro atoms. The van der Waals surface area contributed by atoms with E-state index in [9.17, 15) is 18.9 Å². The van der Waals surface area contributed by atoms with Gasteiger partial charge in [0.2, 0.25) is 5.82 Å². The number of rotatable bonds is 3. The third-order valence-corrected chi connectivity index (χ3v) is 2.93. The molecule has 0 radical (unpaired) electrons. The Balaban J connectivity index is 2.76. The third kappa shape index (κ3) is 2.09. The van der Waals surface area contributed by atoms with Crippen molar-refractivity contribution in [1.29, 1.82) is 0 Å². The predicted molar refractivity (Wildman–Crippen MR) is 69.1 cm³/mol. The zero-order valence-corrected chi connectivity index (χ0v) is 10.8. The molecule has 0 aliphatic carbocycles. The number of nitro benzene ring substituents is 1. The van der Waals surface area contributed by atoms with Crippen LogP contribution in [0, 0.1) is 21.7 Å². The molecule has 0 unspecified atom stereocenters. The Morgan fingerprint density at radius 1 is 1.40 bits per heavy atom. The molecule has 20 heavy (non-hydrogen) atoms. The molecule has 1 aromatic carbocycles. The molecule has 2 rings (SSSR count). The number of halogens is 2. The van der Waals surface area contributed by atoms with Crippen LogP contribution in [-0.4, -0.2) is 15.1 Å². The maximum absolute atomic E-state index is 14.2. The number of anilines is 1. The molecule has 6 nitrogen and oxygen atoms in total. The van der Waals surface area contributed by atoms with Crippen molar-refractivity contribution in [3.63, 3.8) is 0 Å². The largest absolute Gasteiger partial charge is 0.382 e. The molecule has 0 aliphatic rings. The molecule has 1 aromatic heterocycles. The van der Waals surface area contributed by atoms with E-state index in [0.29, 0.717) is 5.56 Å². The smallest absolute Gasteiger partial charge is 0.305 e. The van der Waals surface area contributed by atoms with Crippen LogP contribution in [0.3, 0.4) is 0 Å². The van der Waals surface area contributed by atoms with Gasteiger partial charge in [-0.05, 0) is 12.0 Å². The molecule has 0 saturated heterocycles. The average Bonchev–Trinajstić information content (AvgIpc) is 2.70. The number of H-pyrrole nitrogens is 1. The minimum Gasteiger partial charge on any atom is -0.382 e. The van der Waals surface area contributed by atoms with E-state index in [1.54, 1.807) is 13.8 Å². The van der Waals surface area contributed by atoms with Crippen molar-refractivity contribution in [3.05, 3.63) is 39.4 Å². The number of hydrogen-bond donors (Lipinski definition) is 2. The van der Waals surface area contributed by atoms with Gasteiger partial charge in [0, 0.05) is 11.6 Å². The van der Waals surface area contributed by atoms with E-state index >= 15 is 0 Å². The first-order valence-electron chi connectivity index (χ1n) is 5.81. The molecule has 0 amide bonds. The number of aromatic nitrogens is 2. The lowest BCUT2D eigenvalue weighted by atomic mass is 9.97. The van der Waals surface area contributed by atoms with Crippen molar-refractivity contribution in [2.45, 2.75) is 19.8 Å². The van der Waals surface area contributed by atoms with E-state index < -0.39 is 27.8 Å². The van der Waals surface area contributed by atoms with Crippen molar-refractivity contribution < 1.29 is 13.7 Å². The number of nitrogen functional groups attached to an aromatic ring is 1. The van der Waals surface area contributed by atoms with Gasteiger partial charge in [-0.1, -0.05) is 13.8 Å². The van der Waals surface area contributed by atoms with Gasteiger partial charge in [-0.15, -0.1) is 0 Å². The van der Waals surface area contributed by atoms with Crippen LogP contribution in [-0.2, 0) is 0 Å². The lowest BCUT2D eigenvalue weighted by Gasteiger charge is -2.09. The number of nitrogens with one attached hydrogen (secondary N) is 1. The zero-order valence-electron chi connectivity index (χ0n) is 10.8. The van der Waals surface area contributed by atoms with Gasteiger partial charge in [-0.2, -0.15) is 9.49 Å². The Bertz CT molecular complexity index is 682. The summed E-state index contributed by atoms with van der Waals surface area (Å²) in [5.74, 6) is -2.21. The summed E-state index contributed by atoms with van der Waals surface area (Å²) >= 11 is 0. The summed E-state index contributed by atoms with van der Waals surface area (Å²) in [5.41, 5.74) is 4.78. The minimum absolute atomic E-state index is 0.0243. The molecule has 0 aliphatic heterocycles. The maximum Gasteiger partial charge on any atom is 0.305 e. The molecular weight excluding hydrogens is 270 g/mol. The lowest BCUT2D eigenvalue weighted by molar-refractivity contribution is -0.387. The van der Waals surface area contributed by atoms with E-state index in [0.717, 1.165) is 12.1 Å². The highest BCUT2D eigenvalue weighted by Gasteiger charge is 2.27. The first-order chi connectivity index (χ1) is 9.34. The van der Waals surface area contributed by atoms with Crippen LogP contribution >= 0.6 is 0 Å². The molecule has 0 saturated carbocycles. The molecule has 0 bridgehead atoms. The third-order valence-electron chi connectivity index (χ3n) is 2.93. The summed E-state index contributed by atoms with van der Waals surface area (Å²) in [6, 6.07) is 1.63. The monoisotopic (exact) mass is 282 g/mol. The number of nitrogens with two attached hydrogens (primary N) is 1. The minimum atomic E-state index is -1.25. The van der Waals surface area contributed by atoms with Gasteiger partial charge < -0.3 is 5.73 Å². The number of benzene rings is 1. The van der Waals surface area contributed by atoms with Crippen LogP contribution in [0.1, 0.15) is 25.3 Å². The van der Waals surface area contributed by atoms with Gasteiger partial charge in [0.25, 0.3) is 0 Å². The number of nitro groups is 1. The average molecular weight is 282 g/mol. The van der Waals surface area contributed by atoms with E-state index in [1.165, 1.54) is 0 Å². The van der Waals surface area contributed by atoms with Crippen LogP contribution in [0.5, 0.6) is 0 Å². The summed E-state index contributed by atoms with van der Waals surface area (Å²) in [5, 5.41) is 16.9.